The lowest BCUT2D eigenvalue weighted by molar-refractivity contribution is -0.140. The van der Waals surface area contributed by atoms with Crippen molar-refractivity contribution in [2.24, 2.45) is 0 Å². The maximum atomic E-state index is 13.6. The van der Waals surface area contributed by atoms with Crippen molar-refractivity contribution in [1.29, 1.82) is 0 Å². The number of anilines is 1. The molecule has 1 atom stereocenters. The second-order valence-corrected chi connectivity index (χ2v) is 10.8. The first-order valence-corrected chi connectivity index (χ1v) is 13.7. The van der Waals surface area contributed by atoms with Crippen molar-refractivity contribution in [1.82, 2.24) is 10.2 Å². The Kier molecular flexibility index (Phi) is 10.5. The van der Waals surface area contributed by atoms with E-state index in [1.54, 1.807) is 32.0 Å². The molecule has 0 saturated heterocycles. The minimum Gasteiger partial charge on any atom is -0.495 e. The third kappa shape index (κ3) is 7.64. The lowest BCUT2D eigenvalue weighted by Crippen LogP contribution is -2.52. The van der Waals surface area contributed by atoms with Crippen LogP contribution in [0.1, 0.15) is 25.8 Å². The van der Waals surface area contributed by atoms with E-state index >= 15 is 0 Å². The molecule has 0 unspecified atom stereocenters. The number of sulfonamides is 1. The van der Waals surface area contributed by atoms with Gasteiger partial charge in [0.25, 0.3) is 0 Å². The van der Waals surface area contributed by atoms with Crippen LogP contribution in [0.5, 0.6) is 5.75 Å². The molecule has 0 aliphatic rings. The molecule has 0 aliphatic heterocycles. The van der Waals surface area contributed by atoms with E-state index in [0.29, 0.717) is 34.3 Å². The van der Waals surface area contributed by atoms with E-state index in [1.165, 1.54) is 30.2 Å². The number of nitrogens with one attached hydrogen (secondary N) is 1. The second kappa shape index (κ2) is 12.7. The number of hydrogen-bond acceptors (Lipinski definition) is 5. The summed E-state index contributed by atoms with van der Waals surface area (Å²) >= 11 is 18.3. The SMILES string of the molecule is CCNC(=O)[C@@H](CC)N(Cc1ccc(Cl)c(Cl)c1)C(=O)CN(c1ccc(OC)c(Cl)c1)S(C)(=O)=O. The molecule has 0 spiro atoms. The van der Waals surface area contributed by atoms with Crippen LogP contribution in [0.25, 0.3) is 0 Å². The Balaban J connectivity index is 2.47. The Morgan fingerprint density at radius 3 is 2.23 bits per heavy atom. The van der Waals surface area contributed by atoms with Gasteiger partial charge in [-0.3, -0.25) is 13.9 Å². The number of rotatable bonds is 11. The highest BCUT2D eigenvalue weighted by Gasteiger charge is 2.31. The number of carbonyl (C=O) groups is 2. The van der Waals surface area contributed by atoms with Crippen LogP contribution < -0.4 is 14.4 Å². The van der Waals surface area contributed by atoms with E-state index in [-0.39, 0.29) is 23.2 Å². The first kappa shape index (κ1) is 29.0. The number of hydrogen-bond donors (Lipinski definition) is 1. The predicted molar refractivity (Wildman–Crippen MR) is 140 cm³/mol. The molecule has 2 aromatic rings. The molecule has 12 heteroatoms. The summed E-state index contributed by atoms with van der Waals surface area (Å²) in [6.07, 6.45) is 1.30. The minimum absolute atomic E-state index is 0.0202. The van der Waals surface area contributed by atoms with Crippen LogP contribution in [0.2, 0.25) is 15.1 Å². The summed E-state index contributed by atoms with van der Waals surface area (Å²) in [5.41, 5.74) is 0.820. The first-order valence-electron chi connectivity index (χ1n) is 10.7. The van der Waals surface area contributed by atoms with Gasteiger partial charge in [-0.05, 0) is 49.2 Å². The zero-order valence-electron chi connectivity index (χ0n) is 19.8. The molecule has 0 aromatic heterocycles. The number of carbonyl (C=O) groups excluding carboxylic acids is 2. The minimum atomic E-state index is -3.88. The Morgan fingerprint density at radius 1 is 1.03 bits per heavy atom. The Bertz CT molecular complexity index is 1180. The predicted octanol–water partition coefficient (Wildman–Crippen LogP) is 4.36. The van der Waals surface area contributed by atoms with Crippen LogP contribution in [0.4, 0.5) is 5.69 Å². The van der Waals surface area contributed by atoms with Crippen LogP contribution in [0, 0.1) is 0 Å². The maximum absolute atomic E-state index is 13.6. The summed E-state index contributed by atoms with van der Waals surface area (Å²) in [7, 11) is -2.45. The zero-order valence-corrected chi connectivity index (χ0v) is 22.9. The molecule has 2 rings (SSSR count). The lowest BCUT2D eigenvalue weighted by Gasteiger charge is -2.33. The summed E-state index contributed by atoms with van der Waals surface area (Å²) in [5, 5.41) is 3.57. The number of methoxy groups -OCH3 is 1. The third-order valence-electron chi connectivity index (χ3n) is 5.18. The fraction of sp³-hybridized carbons (Fsp3) is 0.391. The van der Waals surface area contributed by atoms with Crippen LogP contribution in [0.3, 0.4) is 0 Å². The highest BCUT2D eigenvalue weighted by Crippen LogP contribution is 2.30. The average molecular weight is 565 g/mol. The summed E-state index contributed by atoms with van der Waals surface area (Å²) in [4.78, 5) is 27.7. The molecule has 0 radical (unpaired) electrons. The van der Waals surface area contributed by atoms with Gasteiger partial charge in [-0.25, -0.2) is 8.42 Å². The van der Waals surface area contributed by atoms with Gasteiger partial charge < -0.3 is 15.0 Å². The monoisotopic (exact) mass is 563 g/mol. The molecule has 0 aliphatic carbocycles. The van der Waals surface area contributed by atoms with Gasteiger partial charge in [0, 0.05) is 13.1 Å². The number of ether oxygens (including phenoxy) is 1. The van der Waals surface area contributed by atoms with Crippen LogP contribution in [-0.2, 0) is 26.2 Å². The van der Waals surface area contributed by atoms with E-state index in [9.17, 15) is 18.0 Å². The quantitative estimate of drug-likeness (QED) is 0.437. The molecule has 0 bridgehead atoms. The summed E-state index contributed by atoms with van der Waals surface area (Å²) < 4.78 is 31.3. The first-order chi connectivity index (χ1) is 16.4. The van der Waals surface area contributed by atoms with Gasteiger partial charge in [-0.15, -0.1) is 0 Å². The van der Waals surface area contributed by atoms with Crippen molar-refractivity contribution >= 4 is 62.3 Å². The zero-order chi connectivity index (χ0) is 26.3. The van der Waals surface area contributed by atoms with Crippen LogP contribution >= 0.6 is 34.8 Å². The molecule has 0 heterocycles. The van der Waals surface area contributed by atoms with Gasteiger partial charge >= 0.3 is 0 Å². The fourth-order valence-corrected chi connectivity index (χ4v) is 4.88. The average Bonchev–Trinajstić information content (AvgIpc) is 2.78. The molecular formula is C23H28Cl3N3O5S. The van der Waals surface area contributed by atoms with Gasteiger partial charge in [0.05, 0.1) is 34.1 Å². The lowest BCUT2D eigenvalue weighted by atomic mass is 10.1. The van der Waals surface area contributed by atoms with E-state index in [1.807, 2.05) is 0 Å². The maximum Gasteiger partial charge on any atom is 0.244 e. The van der Waals surface area contributed by atoms with Gasteiger partial charge in [-0.1, -0.05) is 47.8 Å². The van der Waals surface area contributed by atoms with Gasteiger partial charge in [0.15, 0.2) is 0 Å². The molecule has 1 N–H and O–H groups in total. The van der Waals surface area contributed by atoms with Crippen molar-refractivity contribution in [3.05, 3.63) is 57.0 Å². The van der Waals surface area contributed by atoms with Crippen molar-refractivity contribution in [2.75, 3.05) is 30.8 Å². The molecule has 192 valence electrons. The molecular weight excluding hydrogens is 537 g/mol. The van der Waals surface area contributed by atoms with Crippen molar-refractivity contribution in [3.8, 4) is 5.75 Å². The standard InChI is InChI=1S/C23H28Cl3N3O5S/c1-5-20(23(31)27-6-2)28(13-15-7-9-17(24)18(25)11-15)22(30)14-29(35(4,32)33)16-8-10-21(34-3)19(26)12-16/h7-12,20H,5-6,13-14H2,1-4H3,(H,27,31)/t20-/m1/s1. The van der Waals surface area contributed by atoms with E-state index in [4.69, 9.17) is 39.5 Å². The Hall–Kier alpha value is -2.20. The van der Waals surface area contributed by atoms with Gasteiger partial charge in [-0.2, -0.15) is 0 Å². The number of likely N-dealkylation sites (N-methyl/N-ethyl adjacent to an activating group) is 1. The largest absolute Gasteiger partial charge is 0.495 e. The highest BCUT2D eigenvalue weighted by molar-refractivity contribution is 7.92. The number of amides is 2. The van der Waals surface area contributed by atoms with E-state index < -0.39 is 28.5 Å². The third-order valence-corrected chi connectivity index (χ3v) is 7.35. The number of benzene rings is 2. The highest BCUT2D eigenvalue weighted by atomic mass is 35.5. The van der Waals surface area contributed by atoms with Crippen LogP contribution in [0.15, 0.2) is 36.4 Å². The Labute approximate surface area is 221 Å². The van der Waals surface area contributed by atoms with Gasteiger partial charge in [0.2, 0.25) is 21.8 Å². The number of halogens is 3. The molecule has 8 nitrogen and oxygen atoms in total. The summed E-state index contributed by atoms with van der Waals surface area (Å²) in [6.45, 7) is 3.40. The van der Waals surface area contributed by atoms with Crippen molar-refractivity contribution in [2.45, 2.75) is 32.9 Å². The molecule has 0 saturated carbocycles. The summed E-state index contributed by atoms with van der Waals surface area (Å²) in [6, 6.07) is 8.46. The van der Waals surface area contributed by atoms with Crippen molar-refractivity contribution in [3.63, 3.8) is 0 Å². The molecule has 2 amide bonds. The molecule has 2 aromatic carbocycles. The summed E-state index contributed by atoms with van der Waals surface area (Å²) in [5.74, 6) is -0.563. The normalized spacial score (nSPS) is 12.1. The number of nitrogens with zero attached hydrogens (tertiary/aromatic N) is 2. The topological polar surface area (TPSA) is 96.0 Å². The smallest absolute Gasteiger partial charge is 0.244 e. The van der Waals surface area contributed by atoms with Crippen molar-refractivity contribution < 1.29 is 22.7 Å². The van der Waals surface area contributed by atoms with Crippen LogP contribution in [-0.4, -0.2) is 57.6 Å². The fourth-order valence-electron chi connectivity index (χ4n) is 3.47. The second-order valence-electron chi connectivity index (χ2n) is 7.68. The van der Waals surface area contributed by atoms with Gasteiger partial charge in [0.1, 0.15) is 18.3 Å². The Morgan fingerprint density at radius 2 is 1.71 bits per heavy atom. The molecule has 35 heavy (non-hydrogen) atoms. The molecule has 0 fully saturated rings. The van der Waals surface area contributed by atoms with E-state index in [2.05, 4.69) is 5.32 Å². The van der Waals surface area contributed by atoms with E-state index in [0.717, 1.165) is 10.6 Å².